The molecule has 104 valence electrons. The Labute approximate surface area is 117 Å². The summed E-state index contributed by atoms with van der Waals surface area (Å²) in [6, 6.07) is 9.92. The number of benzene rings is 1. The first-order valence-electron chi connectivity index (χ1n) is 6.69. The molecule has 1 aromatic carbocycles. The fourth-order valence-electron chi connectivity index (χ4n) is 2.40. The predicted octanol–water partition coefficient (Wildman–Crippen LogP) is 1.75. The highest BCUT2D eigenvalue weighted by Gasteiger charge is 2.24. The van der Waals surface area contributed by atoms with Crippen LogP contribution in [0.15, 0.2) is 30.3 Å². The van der Waals surface area contributed by atoms with E-state index in [0.717, 1.165) is 23.2 Å². The number of aromatic nitrogens is 2. The zero-order chi connectivity index (χ0) is 13.9. The third kappa shape index (κ3) is 2.44. The molecule has 0 atom stereocenters. The van der Waals surface area contributed by atoms with Crippen molar-refractivity contribution in [3.63, 3.8) is 0 Å². The van der Waals surface area contributed by atoms with Crippen molar-refractivity contribution in [1.29, 1.82) is 0 Å². The van der Waals surface area contributed by atoms with Gasteiger partial charge in [0.2, 0.25) is 0 Å². The lowest BCUT2D eigenvalue weighted by atomic mass is 10.1. The molecule has 2 aromatic rings. The number of H-pyrrole nitrogens is 1. The molecule has 0 aliphatic carbocycles. The van der Waals surface area contributed by atoms with E-state index in [0.29, 0.717) is 25.5 Å². The minimum Gasteiger partial charge on any atom is -0.376 e. The van der Waals surface area contributed by atoms with Gasteiger partial charge in [0.15, 0.2) is 5.69 Å². The number of carbonyl (C=O) groups is 1. The molecule has 0 radical (unpaired) electrons. The first-order chi connectivity index (χ1) is 9.75. The Hall–Kier alpha value is -2.14. The van der Waals surface area contributed by atoms with Crippen molar-refractivity contribution in [2.75, 3.05) is 13.7 Å². The van der Waals surface area contributed by atoms with E-state index < -0.39 is 0 Å². The van der Waals surface area contributed by atoms with E-state index in [-0.39, 0.29) is 5.91 Å². The Morgan fingerprint density at radius 1 is 1.40 bits per heavy atom. The number of rotatable bonds is 3. The van der Waals surface area contributed by atoms with Gasteiger partial charge < -0.3 is 9.64 Å². The molecule has 2 heterocycles. The van der Waals surface area contributed by atoms with Crippen LogP contribution in [0.4, 0.5) is 0 Å². The van der Waals surface area contributed by atoms with Gasteiger partial charge in [-0.1, -0.05) is 30.3 Å². The van der Waals surface area contributed by atoms with Gasteiger partial charge in [0.1, 0.15) is 0 Å². The van der Waals surface area contributed by atoms with Crippen LogP contribution >= 0.6 is 0 Å². The summed E-state index contributed by atoms with van der Waals surface area (Å²) in [6.45, 7) is 1.72. The van der Waals surface area contributed by atoms with E-state index in [1.807, 2.05) is 30.3 Å². The molecular formula is C15H17N3O2. The monoisotopic (exact) mass is 271 g/mol. The summed E-state index contributed by atoms with van der Waals surface area (Å²) in [7, 11) is 1.79. The molecule has 0 bridgehead atoms. The minimum atomic E-state index is -0.0724. The van der Waals surface area contributed by atoms with Crippen LogP contribution in [0.2, 0.25) is 0 Å². The second-order valence-electron chi connectivity index (χ2n) is 4.98. The molecule has 0 saturated carbocycles. The number of hydrogen-bond acceptors (Lipinski definition) is 3. The average molecular weight is 271 g/mol. The van der Waals surface area contributed by atoms with Crippen LogP contribution in [0.3, 0.4) is 0 Å². The second-order valence-corrected chi connectivity index (χ2v) is 4.98. The van der Waals surface area contributed by atoms with Gasteiger partial charge in [-0.3, -0.25) is 9.89 Å². The van der Waals surface area contributed by atoms with E-state index >= 15 is 0 Å². The lowest BCUT2D eigenvalue weighted by Crippen LogP contribution is -2.28. The van der Waals surface area contributed by atoms with Gasteiger partial charge in [-0.2, -0.15) is 5.10 Å². The maximum atomic E-state index is 12.5. The molecule has 5 nitrogen and oxygen atoms in total. The van der Waals surface area contributed by atoms with Crippen molar-refractivity contribution in [2.45, 2.75) is 19.6 Å². The maximum Gasteiger partial charge on any atom is 0.274 e. The second kappa shape index (κ2) is 5.46. The van der Waals surface area contributed by atoms with Crippen molar-refractivity contribution in [2.24, 2.45) is 0 Å². The molecule has 0 fully saturated rings. The van der Waals surface area contributed by atoms with Gasteiger partial charge in [-0.05, 0) is 5.56 Å². The Kier molecular flexibility index (Phi) is 3.52. The summed E-state index contributed by atoms with van der Waals surface area (Å²) >= 11 is 0. The minimum absolute atomic E-state index is 0.0724. The van der Waals surface area contributed by atoms with Crippen molar-refractivity contribution in [3.8, 4) is 0 Å². The van der Waals surface area contributed by atoms with Crippen molar-refractivity contribution >= 4 is 5.91 Å². The number of amides is 1. The molecule has 1 aromatic heterocycles. The van der Waals surface area contributed by atoms with Gasteiger partial charge >= 0.3 is 0 Å². The summed E-state index contributed by atoms with van der Waals surface area (Å²) in [6.07, 6.45) is 0.790. The number of ether oxygens (including phenoxy) is 1. The van der Waals surface area contributed by atoms with E-state index in [1.165, 1.54) is 0 Å². The SMILES string of the molecule is CN(Cc1ccccc1)C(=O)c1n[nH]c2c1COCC2. The number of carbonyl (C=O) groups excluding carboxylic acids is 1. The highest BCUT2D eigenvalue weighted by Crippen LogP contribution is 2.19. The molecule has 3 rings (SSSR count). The van der Waals surface area contributed by atoms with Crippen LogP contribution < -0.4 is 0 Å². The van der Waals surface area contributed by atoms with E-state index in [9.17, 15) is 4.79 Å². The predicted molar refractivity (Wildman–Crippen MR) is 74.2 cm³/mol. The van der Waals surface area contributed by atoms with Gasteiger partial charge in [-0.15, -0.1) is 0 Å². The van der Waals surface area contributed by atoms with Crippen LogP contribution in [0.5, 0.6) is 0 Å². The molecule has 1 N–H and O–H groups in total. The molecule has 1 amide bonds. The van der Waals surface area contributed by atoms with Crippen LogP contribution in [0.1, 0.15) is 27.3 Å². The highest BCUT2D eigenvalue weighted by atomic mass is 16.5. The Balaban J connectivity index is 1.77. The standard InChI is InChI=1S/C15H17N3O2/c1-18(9-11-5-3-2-4-6-11)15(19)14-12-10-20-8-7-13(12)16-17-14/h2-6H,7-10H2,1H3,(H,16,17). The van der Waals surface area contributed by atoms with Crippen LogP contribution in [-0.4, -0.2) is 34.7 Å². The lowest BCUT2D eigenvalue weighted by Gasteiger charge is -2.18. The summed E-state index contributed by atoms with van der Waals surface area (Å²) in [5.74, 6) is -0.0724. The fourth-order valence-corrected chi connectivity index (χ4v) is 2.40. The summed E-state index contributed by atoms with van der Waals surface area (Å²) in [4.78, 5) is 14.2. The molecule has 0 spiro atoms. The van der Waals surface area contributed by atoms with Gasteiger partial charge in [0.05, 0.1) is 13.2 Å². The summed E-state index contributed by atoms with van der Waals surface area (Å²) in [5.41, 5.74) is 3.51. The van der Waals surface area contributed by atoms with Crippen molar-refractivity contribution < 1.29 is 9.53 Å². The highest BCUT2D eigenvalue weighted by molar-refractivity contribution is 5.93. The van der Waals surface area contributed by atoms with Crippen molar-refractivity contribution in [3.05, 3.63) is 52.8 Å². The van der Waals surface area contributed by atoms with Gasteiger partial charge in [0, 0.05) is 31.3 Å². The topological polar surface area (TPSA) is 58.2 Å². The first kappa shape index (κ1) is 12.9. The number of aromatic amines is 1. The van der Waals surface area contributed by atoms with E-state index in [1.54, 1.807) is 11.9 Å². The summed E-state index contributed by atoms with van der Waals surface area (Å²) < 4.78 is 5.41. The number of fused-ring (bicyclic) bond motifs is 1. The first-order valence-corrected chi connectivity index (χ1v) is 6.69. The molecule has 1 aliphatic rings. The third-order valence-corrected chi connectivity index (χ3v) is 3.51. The molecular weight excluding hydrogens is 254 g/mol. The van der Waals surface area contributed by atoms with Gasteiger partial charge in [0.25, 0.3) is 5.91 Å². The van der Waals surface area contributed by atoms with E-state index in [4.69, 9.17) is 4.74 Å². The lowest BCUT2D eigenvalue weighted by molar-refractivity contribution is 0.0765. The van der Waals surface area contributed by atoms with Crippen LogP contribution in [0.25, 0.3) is 0 Å². The quantitative estimate of drug-likeness (QED) is 0.925. The van der Waals surface area contributed by atoms with Crippen LogP contribution in [0, 0.1) is 0 Å². The fraction of sp³-hybridized carbons (Fsp3) is 0.333. The summed E-state index contributed by atoms with van der Waals surface area (Å²) in [5, 5.41) is 7.11. The number of hydrogen-bond donors (Lipinski definition) is 1. The Morgan fingerprint density at radius 3 is 3.00 bits per heavy atom. The smallest absolute Gasteiger partial charge is 0.274 e. The molecule has 0 saturated heterocycles. The van der Waals surface area contributed by atoms with Gasteiger partial charge in [-0.25, -0.2) is 0 Å². The largest absolute Gasteiger partial charge is 0.376 e. The third-order valence-electron chi connectivity index (χ3n) is 3.51. The maximum absolute atomic E-state index is 12.5. The van der Waals surface area contributed by atoms with Crippen molar-refractivity contribution in [1.82, 2.24) is 15.1 Å². The number of nitrogens with zero attached hydrogens (tertiary/aromatic N) is 2. The Bertz CT molecular complexity index is 607. The Morgan fingerprint density at radius 2 is 2.20 bits per heavy atom. The zero-order valence-corrected chi connectivity index (χ0v) is 11.4. The van der Waals surface area contributed by atoms with E-state index in [2.05, 4.69) is 10.2 Å². The molecule has 5 heteroatoms. The normalized spacial score (nSPS) is 13.8. The molecule has 20 heavy (non-hydrogen) atoms. The molecule has 0 unspecified atom stereocenters. The average Bonchev–Trinajstić information content (AvgIpc) is 2.91. The number of nitrogens with one attached hydrogen (secondary N) is 1. The van der Waals surface area contributed by atoms with Crippen LogP contribution in [-0.2, 0) is 24.3 Å². The zero-order valence-electron chi connectivity index (χ0n) is 11.4. The molecule has 1 aliphatic heterocycles.